The van der Waals surface area contributed by atoms with Crippen molar-refractivity contribution in [2.45, 2.75) is 19.6 Å². The fourth-order valence-electron chi connectivity index (χ4n) is 2.64. The van der Waals surface area contributed by atoms with Crippen molar-refractivity contribution in [2.75, 3.05) is 31.2 Å². The Morgan fingerprint density at radius 1 is 1.31 bits per heavy atom. The number of amides is 1. The van der Waals surface area contributed by atoms with Crippen LogP contribution >= 0.6 is 15.9 Å². The second-order valence-electron chi connectivity index (χ2n) is 6.05. The molecule has 1 atom stereocenters. The summed E-state index contributed by atoms with van der Waals surface area (Å²) in [7, 11) is 0. The van der Waals surface area contributed by atoms with Gasteiger partial charge in [0.25, 0.3) is 5.91 Å². The highest BCUT2D eigenvalue weighted by molar-refractivity contribution is 9.10. The molecular formula is C19H22BrN3O3. The van der Waals surface area contributed by atoms with Crippen molar-refractivity contribution in [3.63, 3.8) is 0 Å². The van der Waals surface area contributed by atoms with E-state index in [1.165, 1.54) is 0 Å². The van der Waals surface area contributed by atoms with Gasteiger partial charge in [0.05, 0.1) is 13.2 Å². The van der Waals surface area contributed by atoms with Crippen LogP contribution in [0.1, 0.15) is 12.5 Å². The number of morpholine rings is 1. The number of nitrogens with zero attached hydrogens (tertiary/aromatic N) is 2. The van der Waals surface area contributed by atoms with Crippen LogP contribution < -0.4 is 15.0 Å². The van der Waals surface area contributed by atoms with Gasteiger partial charge in [0.1, 0.15) is 11.6 Å². The molecule has 1 fully saturated rings. The van der Waals surface area contributed by atoms with E-state index in [2.05, 4.69) is 31.1 Å². The summed E-state index contributed by atoms with van der Waals surface area (Å²) in [5.74, 6) is 1.42. The molecule has 1 amide bonds. The Balaban J connectivity index is 1.52. The van der Waals surface area contributed by atoms with Gasteiger partial charge in [0, 0.05) is 30.3 Å². The average molecular weight is 420 g/mol. The molecule has 6 nitrogen and oxygen atoms in total. The smallest absolute Gasteiger partial charge is 0.261 e. The molecule has 0 aliphatic carbocycles. The number of nitrogens with one attached hydrogen (secondary N) is 1. The van der Waals surface area contributed by atoms with E-state index < -0.39 is 6.10 Å². The number of aromatic nitrogens is 1. The molecule has 7 heteroatoms. The number of hydrogen-bond donors (Lipinski definition) is 1. The first-order valence-corrected chi connectivity index (χ1v) is 9.39. The van der Waals surface area contributed by atoms with E-state index >= 15 is 0 Å². The monoisotopic (exact) mass is 419 g/mol. The van der Waals surface area contributed by atoms with Gasteiger partial charge in [-0.3, -0.25) is 4.79 Å². The lowest BCUT2D eigenvalue weighted by Gasteiger charge is -2.28. The van der Waals surface area contributed by atoms with Gasteiger partial charge >= 0.3 is 0 Å². The Kier molecular flexibility index (Phi) is 6.46. The molecular weight excluding hydrogens is 398 g/mol. The molecule has 0 radical (unpaired) electrons. The molecule has 1 aromatic heterocycles. The molecule has 3 rings (SSSR count). The number of hydrogen-bond acceptors (Lipinski definition) is 5. The maximum Gasteiger partial charge on any atom is 0.261 e. The van der Waals surface area contributed by atoms with Gasteiger partial charge < -0.3 is 19.7 Å². The van der Waals surface area contributed by atoms with Crippen LogP contribution in [0.5, 0.6) is 5.75 Å². The minimum absolute atomic E-state index is 0.155. The van der Waals surface area contributed by atoms with Crippen LogP contribution in [-0.4, -0.2) is 43.3 Å². The number of pyridine rings is 1. The predicted octanol–water partition coefficient (Wildman–Crippen LogP) is 2.76. The normalized spacial score (nSPS) is 15.4. The van der Waals surface area contributed by atoms with Crippen molar-refractivity contribution in [3.05, 3.63) is 52.6 Å². The second kappa shape index (κ2) is 9.00. The lowest BCUT2D eigenvalue weighted by molar-refractivity contribution is -0.127. The maximum atomic E-state index is 12.3. The molecule has 26 heavy (non-hydrogen) atoms. The third-order valence-electron chi connectivity index (χ3n) is 4.11. The van der Waals surface area contributed by atoms with Crippen LogP contribution in [-0.2, 0) is 16.1 Å². The first-order chi connectivity index (χ1) is 12.6. The molecule has 1 aliphatic heterocycles. The van der Waals surface area contributed by atoms with Crippen molar-refractivity contribution in [1.82, 2.24) is 10.3 Å². The molecule has 0 unspecified atom stereocenters. The van der Waals surface area contributed by atoms with Gasteiger partial charge in [-0.25, -0.2) is 4.98 Å². The van der Waals surface area contributed by atoms with E-state index in [0.717, 1.165) is 28.9 Å². The standard InChI is InChI=1S/C19H22BrN3O3/c1-14(26-17-4-2-16(20)3-5-17)19(24)22-13-15-6-7-21-18(12-15)23-8-10-25-11-9-23/h2-7,12,14H,8-11,13H2,1H3,(H,22,24)/t14-/m1/s1. The molecule has 0 bridgehead atoms. The summed E-state index contributed by atoms with van der Waals surface area (Å²) in [6.07, 6.45) is 1.20. The quantitative estimate of drug-likeness (QED) is 0.779. The number of benzene rings is 1. The van der Waals surface area contributed by atoms with E-state index in [9.17, 15) is 4.79 Å². The summed E-state index contributed by atoms with van der Waals surface area (Å²) >= 11 is 3.38. The van der Waals surface area contributed by atoms with E-state index in [1.807, 2.05) is 36.4 Å². The highest BCUT2D eigenvalue weighted by Crippen LogP contribution is 2.17. The van der Waals surface area contributed by atoms with E-state index in [-0.39, 0.29) is 5.91 Å². The van der Waals surface area contributed by atoms with Crippen LogP contribution in [0, 0.1) is 0 Å². The molecule has 2 heterocycles. The lowest BCUT2D eigenvalue weighted by Crippen LogP contribution is -2.37. The summed E-state index contributed by atoms with van der Waals surface area (Å²) in [6.45, 7) is 5.28. The van der Waals surface area contributed by atoms with E-state index in [4.69, 9.17) is 9.47 Å². The largest absolute Gasteiger partial charge is 0.481 e. The van der Waals surface area contributed by atoms with Gasteiger partial charge in [-0.1, -0.05) is 15.9 Å². The molecule has 138 valence electrons. The fourth-order valence-corrected chi connectivity index (χ4v) is 2.90. The van der Waals surface area contributed by atoms with Gasteiger partial charge in [0.2, 0.25) is 0 Å². The number of rotatable bonds is 6. The molecule has 0 saturated carbocycles. The third kappa shape index (κ3) is 5.19. The summed E-state index contributed by atoms with van der Waals surface area (Å²) in [5, 5.41) is 2.92. The Labute approximate surface area is 161 Å². The van der Waals surface area contributed by atoms with Gasteiger partial charge in [0.15, 0.2) is 6.10 Å². The van der Waals surface area contributed by atoms with Gasteiger partial charge in [-0.15, -0.1) is 0 Å². The molecule has 1 aliphatic rings. The predicted molar refractivity (Wildman–Crippen MR) is 103 cm³/mol. The van der Waals surface area contributed by atoms with Crippen molar-refractivity contribution in [3.8, 4) is 5.75 Å². The Hall–Kier alpha value is -2.12. The van der Waals surface area contributed by atoms with Crippen LogP contribution in [0.25, 0.3) is 0 Å². The highest BCUT2D eigenvalue weighted by Gasteiger charge is 2.15. The van der Waals surface area contributed by atoms with Crippen molar-refractivity contribution >= 4 is 27.7 Å². The first-order valence-electron chi connectivity index (χ1n) is 8.59. The maximum absolute atomic E-state index is 12.3. The minimum Gasteiger partial charge on any atom is -0.481 e. The van der Waals surface area contributed by atoms with Gasteiger partial charge in [-0.05, 0) is 48.9 Å². The molecule has 0 spiro atoms. The van der Waals surface area contributed by atoms with E-state index in [1.54, 1.807) is 13.1 Å². The number of ether oxygens (including phenoxy) is 2. The third-order valence-corrected chi connectivity index (χ3v) is 4.64. The topological polar surface area (TPSA) is 63.7 Å². The van der Waals surface area contributed by atoms with Gasteiger partial charge in [-0.2, -0.15) is 0 Å². The minimum atomic E-state index is -0.572. The lowest BCUT2D eigenvalue weighted by atomic mass is 10.2. The van der Waals surface area contributed by atoms with Crippen LogP contribution in [0.3, 0.4) is 0 Å². The summed E-state index contributed by atoms with van der Waals surface area (Å²) in [5.41, 5.74) is 1.01. The summed E-state index contributed by atoms with van der Waals surface area (Å²) < 4.78 is 12.0. The Morgan fingerprint density at radius 2 is 2.04 bits per heavy atom. The highest BCUT2D eigenvalue weighted by atomic mass is 79.9. The average Bonchev–Trinajstić information content (AvgIpc) is 2.68. The number of anilines is 1. The molecule has 1 N–H and O–H groups in total. The fraction of sp³-hybridized carbons (Fsp3) is 0.368. The van der Waals surface area contributed by atoms with Crippen molar-refractivity contribution in [1.29, 1.82) is 0 Å². The molecule has 1 saturated heterocycles. The first kappa shape index (κ1) is 18.7. The second-order valence-corrected chi connectivity index (χ2v) is 6.97. The number of carbonyl (C=O) groups is 1. The summed E-state index contributed by atoms with van der Waals surface area (Å²) in [6, 6.07) is 11.3. The molecule has 1 aromatic carbocycles. The molecule has 2 aromatic rings. The van der Waals surface area contributed by atoms with Crippen LogP contribution in [0.4, 0.5) is 5.82 Å². The zero-order valence-corrected chi connectivity index (χ0v) is 16.2. The van der Waals surface area contributed by atoms with Crippen molar-refractivity contribution in [2.24, 2.45) is 0 Å². The van der Waals surface area contributed by atoms with Crippen LogP contribution in [0.2, 0.25) is 0 Å². The number of carbonyl (C=O) groups excluding carboxylic acids is 1. The zero-order chi connectivity index (χ0) is 18.4. The number of halogens is 1. The summed E-state index contributed by atoms with van der Waals surface area (Å²) in [4.78, 5) is 18.9. The van der Waals surface area contributed by atoms with E-state index in [0.29, 0.717) is 25.5 Å². The Morgan fingerprint density at radius 3 is 2.77 bits per heavy atom. The SMILES string of the molecule is C[C@@H](Oc1ccc(Br)cc1)C(=O)NCc1ccnc(N2CCOCC2)c1. The zero-order valence-electron chi connectivity index (χ0n) is 14.7. The Bertz CT molecular complexity index is 733. The van der Waals surface area contributed by atoms with Crippen LogP contribution in [0.15, 0.2) is 47.1 Å². The van der Waals surface area contributed by atoms with Crippen molar-refractivity contribution < 1.29 is 14.3 Å².